The third kappa shape index (κ3) is 7.24. The Bertz CT molecular complexity index is 857. The van der Waals surface area contributed by atoms with Gasteiger partial charge in [0.15, 0.2) is 0 Å². The molecule has 0 aliphatic carbocycles. The summed E-state index contributed by atoms with van der Waals surface area (Å²) < 4.78 is 10.7. The minimum Gasteiger partial charge on any atom is -0.497 e. The Balaban J connectivity index is 2.35. The number of carbonyl (C=O) groups is 1. The second-order valence-corrected chi connectivity index (χ2v) is 7.75. The zero-order chi connectivity index (χ0) is 22.1. The average molecular weight is 412 g/mol. The Kier molecular flexibility index (Phi) is 7.98. The van der Waals surface area contributed by atoms with Gasteiger partial charge in [0.25, 0.3) is 0 Å². The van der Waals surface area contributed by atoms with Crippen LogP contribution in [-0.4, -0.2) is 30.3 Å². The molecule has 0 aliphatic heterocycles. The summed E-state index contributed by atoms with van der Waals surface area (Å²) in [5, 5.41) is 10.9. The van der Waals surface area contributed by atoms with Crippen LogP contribution in [0.2, 0.25) is 0 Å². The number of carbonyl (C=O) groups excluding carboxylic acids is 1. The molecule has 0 fully saturated rings. The van der Waals surface area contributed by atoms with Gasteiger partial charge in [0.05, 0.1) is 12.8 Å². The van der Waals surface area contributed by atoms with Crippen molar-refractivity contribution in [3.8, 4) is 5.75 Å². The summed E-state index contributed by atoms with van der Waals surface area (Å²) in [5.41, 5.74) is 0.872. The molecule has 160 valence electrons. The standard InChI is InChI=1S/C23H28N2O5/c1-23(2,3)30-22(26)24(20-10-12-21(29-4)13-11-20)16-14-19(15-17-25(27)28)18-8-6-5-7-9-18/h5-14,16,19H,15,17H2,1-4H3/b16-14-/t19-/m1/s1. The lowest BCUT2D eigenvalue weighted by molar-refractivity contribution is -0.480. The van der Waals surface area contributed by atoms with Crippen LogP contribution in [0.3, 0.4) is 0 Å². The summed E-state index contributed by atoms with van der Waals surface area (Å²) >= 11 is 0. The Morgan fingerprint density at radius 2 is 1.77 bits per heavy atom. The number of rotatable bonds is 8. The van der Waals surface area contributed by atoms with Crippen molar-refractivity contribution in [2.24, 2.45) is 0 Å². The van der Waals surface area contributed by atoms with Crippen LogP contribution < -0.4 is 9.64 Å². The van der Waals surface area contributed by atoms with Crippen molar-refractivity contribution in [1.82, 2.24) is 0 Å². The van der Waals surface area contributed by atoms with Gasteiger partial charge in [0, 0.05) is 23.5 Å². The number of methoxy groups -OCH3 is 1. The van der Waals surface area contributed by atoms with Crippen molar-refractivity contribution in [2.75, 3.05) is 18.6 Å². The van der Waals surface area contributed by atoms with Crippen LogP contribution in [0.1, 0.15) is 38.7 Å². The number of hydrogen-bond acceptors (Lipinski definition) is 5. The molecule has 0 saturated heterocycles. The maximum atomic E-state index is 12.8. The van der Waals surface area contributed by atoms with E-state index in [2.05, 4.69) is 0 Å². The highest BCUT2D eigenvalue weighted by Gasteiger charge is 2.23. The number of ether oxygens (including phenoxy) is 2. The largest absolute Gasteiger partial charge is 0.497 e. The summed E-state index contributed by atoms with van der Waals surface area (Å²) in [6.07, 6.45) is 3.20. The Labute approximate surface area is 177 Å². The van der Waals surface area contributed by atoms with Gasteiger partial charge in [-0.05, 0) is 50.6 Å². The molecule has 0 unspecified atom stereocenters. The molecule has 0 radical (unpaired) electrons. The van der Waals surface area contributed by atoms with Crippen LogP contribution in [0.25, 0.3) is 0 Å². The van der Waals surface area contributed by atoms with Crippen molar-refractivity contribution in [2.45, 2.75) is 38.7 Å². The molecule has 0 spiro atoms. The fourth-order valence-corrected chi connectivity index (χ4v) is 2.81. The molecule has 7 nitrogen and oxygen atoms in total. The maximum Gasteiger partial charge on any atom is 0.418 e. The molecule has 0 aromatic heterocycles. The summed E-state index contributed by atoms with van der Waals surface area (Å²) in [5.74, 6) is 0.444. The molecule has 7 heteroatoms. The highest BCUT2D eigenvalue weighted by Crippen LogP contribution is 2.25. The zero-order valence-electron chi connectivity index (χ0n) is 17.8. The molecular weight excluding hydrogens is 384 g/mol. The average Bonchev–Trinajstić information content (AvgIpc) is 2.70. The van der Waals surface area contributed by atoms with Crippen LogP contribution in [0.5, 0.6) is 5.75 Å². The van der Waals surface area contributed by atoms with E-state index in [0.717, 1.165) is 5.56 Å². The first-order chi connectivity index (χ1) is 14.2. The van der Waals surface area contributed by atoms with Crippen LogP contribution in [0, 0.1) is 10.1 Å². The topological polar surface area (TPSA) is 81.9 Å². The summed E-state index contributed by atoms with van der Waals surface area (Å²) in [6, 6.07) is 16.5. The number of nitrogens with zero attached hydrogens (tertiary/aromatic N) is 2. The second kappa shape index (κ2) is 10.4. The minimum absolute atomic E-state index is 0.168. The van der Waals surface area contributed by atoms with E-state index in [1.54, 1.807) is 64.4 Å². The molecule has 0 bridgehead atoms. The van der Waals surface area contributed by atoms with Crippen LogP contribution >= 0.6 is 0 Å². The molecule has 1 atom stereocenters. The quantitative estimate of drug-likeness (QED) is 0.428. The van der Waals surface area contributed by atoms with Gasteiger partial charge < -0.3 is 9.47 Å². The van der Waals surface area contributed by atoms with E-state index >= 15 is 0 Å². The third-order valence-corrected chi connectivity index (χ3v) is 4.26. The van der Waals surface area contributed by atoms with E-state index in [1.165, 1.54) is 4.90 Å². The van der Waals surface area contributed by atoms with Gasteiger partial charge in [-0.1, -0.05) is 36.4 Å². The second-order valence-electron chi connectivity index (χ2n) is 7.75. The van der Waals surface area contributed by atoms with Crippen LogP contribution in [0.4, 0.5) is 10.5 Å². The van der Waals surface area contributed by atoms with Gasteiger partial charge in [-0.2, -0.15) is 0 Å². The molecule has 0 saturated carbocycles. The zero-order valence-corrected chi connectivity index (χ0v) is 17.8. The van der Waals surface area contributed by atoms with Gasteiger partial charge in [-0.25, -0.2) is 4.79 Å². The highest BCUT2D eigenvalue weighted by atomic mass is 16.6. The van der Waals surface area contributed by atoms with Gasteiger partial charge in [0.1, 0.15) is 11.4 Å². The van der Waals surface area contributed by atoms with Crippen molar-refractivity contribution in [1.29, 1.82) is 0 Å². The molecule has 2 aromatic carbocycles. The van der Waals surface area contributed by atoms with E-state index in [9.17, 15) is 14.9 Å². The van der Waals surface area contributed by atoms with Crippen LogP contribution in [0.15, 0.2) is 66.9 Å². The monoisotopic (exact) mass is 412 g/mol. The van der Waals surface area contributed by atoms with Crippen molar-refractivity contribution < 1.29 is 19.2 Å². The van der Waals surface area contributed by atoms with Gasteiger partial charge in [0.2, 0.25) is 6.54 Å². The molecule has 1 amide bonds. The fourth-order valence-electron chi connectivity index (χ4n) is 2.81. The van der Waals surface area contributed by atoms with E-state index in [-0.39, 0.29) is 17.4 Å². The number of anilines is 1. The van der Waals surface area contributed by atoms with E-state index in [4.69, 9.17) is 9.47 Å². The van der Waals surface area contributed by atoms with E-state index < -0.39 is 11.7 Å². The van der Waals surface area contributed by atoms with Gasteiger partial charge >= 0.3 is 6.09 Å². The van der Waals surface area contributed by atoms with Crippen molar-refractivity contribution in [3.05, 3.63) is 82.6 Å². The number of nitro groups is 1. The lowest BCUT2D eigenvalue weighted by Crippen LogP contribution is -2.33. The predicted octanol–water partition coefficient (Wildman–Crippen LogP) is 5.40. The molecule has 2 aromatic rings. The summed E-state index contributed by atoms with van der Waals surface area (Å²) in [6.45, 7) is 5.22. The lowest BCUT2D eigenvalue weighted by atomic mass is 9.95. The highest BCUT2D eigenvalue weighted by molar-refractivity contribution is 5.90. The number of benzene rings is 2. The molecule has 0 heterocycles. The molecule has 0 N–H and O–H groups in total. The Hall–Kier alpha value is -3.35. The molecule has 30 heavy (non-hydrogen) atoms. The molecule has 0 aliphatic rings. The normalized spacial score (nSPS) is 12.4. The number of hydrogen-bond donors (Lipinski definition) is 0. The van der Waals surface area contributed by atoms with Gasteiger partial charge in [-0.15, -0.1) is 0 Å². The first kappa shape index (κ1) is 22.9. The molecule has 2 rings (SSSR count). The minimum atomic E-state index is -0.667. The Morgan fingerprint density at radius 1 is 1.13 bits per heavy atom. The first-order valence-electron chi connectivity index (χ1n) is 9.71. The van der Waals surface area contributed by atoms with E-state index in [1.807, 2.05) is 30.3 Å². The van der Waals surface area contributed by atoms with Crippen molar-refractivity contribution in [3.63, 3.8) is 0 Å². The number of amides is 1. The number of allylic oxidation sites excluding steroid dienone is 1. The Morgan fingerprint density at radius 3 is 2.30 bits per heavy atom. The smallest absolute Gasteiger partial charge is 0.418 e. The summed E-state index contributed by atoms with van der Waals surface area (Å²) in [7, 11) is 1.57. The van der Waals surface area contributed by atoms with E-state index in [0.29, 0.717) is 17.9 Å². The maximum absolute atomic E-state index is 12.8. The van der Waals surface area contributed by atoms with Gasteiger partial charge in [-0.3, -0.25) is 15.0 Å². The van der Waals surface area contributed by atoms with Crippen molar-refractivity contribution >= 4 is 11.8 Å². The summed E-state index contributed by atoms with van der Waals surface area (Å²) in [4.78, 5) is 24.8. The predicted molar refractivity (Wildman–Crippen MR) is 117 cm³/mol. The van der Waals surface area contributed by atoms with Crippen LogP contribution in [-0.2, 0) is 4.74 Å². The lowest BCUT2D eigenvalue weighted by Gasteiger charge is -2.25. The fraction of sp³-hybridized carbons (Fsp3) is 0.348. The SMILES string of the molecule is COc1ccc(N(/C=C\[C@H](CC[N+](=O)[O-])c2ccccc2)C(=O)OC(C)(C)C)cc1. The first-order valence-corrected chi connectivity index (χ1v) is 9.71. The third-order valence-electron chi connectivity index (χ3n) is 4.26. The molecular formula is C23H28N2O5.